The molecule has 8 heteroatoms. The van der Waals surface area contributed by atoms with Crippen LogP contribution >= 0.6 is 27.3 Å². The summed E-state index contributed by atoms with van der Waals surface area (Å²) in [6, 6.07) is 6.96. The van der Waals surface area contributed by atoms with Crippen molar-refractivity contribution in [3.8, 4) is 0 Å². The molecule has 0 saturated heterocycles. The van der Waals surface area contributed by atoms with E-state index in [2.05, 4.69) is 31.0 Å². The number of nitrogens with zero attached hydrogens (tertiary/aromatic N) is 1. The van der Waals surface area contributed by atoms with Crippen LogP contribution < -0.4 is 10.0 Å². The SMILES string of the molecule is CC(C)Nc1ccc(NS(=O)(=O)c2ccc(Br)s2)nc1. The predicted octanol–water partition coefficient (Wildman–Crippen LogP) is 3.53. The van der Waals surface area contributed by atoms with Gasteiger partial charge in [-0.3, -0.25) is 4.72 Å². The Kier molecular flexibility index (Phi) is 4.66. The average molecular weight is 376 g/mol. The summed E-state index contributed by atoms with van der Waals surface area (Å²) in [5.74, 6) is 0.295. The van der Waals surface area contributed by atoms with Crippen LogP contribution in [0.1, 0.15) is 13.8 Å². The minimum absolute atomic E-state index is 0.246. The Bertz CT molecular complexity index is 681. The summed E-state index contributed by atoms with van der Waals surface area (Å²) in [5.41, 5.74) is 0.849. The van der Waals surface area contributed by atoms with E-state index in [1.807, 2.05) is 13.8 Å². The van der Waals surface area contributed by atoms with E-state index in [1.54, 1.807) is 30.5 Å². The van der Waals surface area contributed by atoms with Crippen molar-refractivity contribution < 1.29 is 8.42 Å². The van der Waals surface area contributed by atoms with E-state index in [9.17, 15) is 8.42 Å². The number of aromatic nitrogens is 1. The molecule has 0 radical (unpaired) electrons. The van der Waals surface area contributed by atoms with Gasteiger partial charge in [0.1, 0.15) is 10.0 Å². The predicted molar refractivity (Wildman–Crippen MR) is 85.8 cm³/mol. The zero-order valence-electron chi connectivity index (χ0n) is 10.9. The topological polar surface area (TPSA) is 71.1 Å². The second-order valence-corrected chi connectivity index (χ2v) is 8.77. The second-order valence-electron chi connectivity index (χ2n) is 4.40. The highest BCUT2D eigenvalue weighted by Crippen LogP contribution is 2.27. The van der Waals surface area contributed by atoms with Gasteiger partial charge in [0.05, 0.1) is 15.7 Å². The quantitative estimate of drug-likeness (QED) is 0.838. The molecule has 0 unspecified atom stereocenters. The van der Waals surface area contributed by atoms with Gasteiger partial charge in [-0.05, 0) is 54.0 Å². The van der Waals surface area contributed by atoms with Crippen molar-refractivity contribution in [2.24, 2.45) is 0 Å². The summed E-state index contributed by atoms with van der Waals surface area (Å²) in [6.07, 6.45) is 1.60. The molecule has 2 aromatic heterocycles. The van der Waals surface area contributed by atoms with E-state index in [0.29, 0.717) is 11.9 Å². The van der Waals surface area contributed by atoms with E-state index in [1.165, 1.54) is 0 Å². The minimum Gasteiger partial charge on any atom is -0.382 e. The van der Waals surface area contributed by atoms with Crippen LogP contribution in [-0.4, -0.2) is 19.4 Å². The highest BCUT2D eigenvalue weighted by molar-refractivity contribution is 9.11. The molecule has 20 heavy (non-hydrogen) atoms. The number of nitrogens with one attached hydrogen (secondary N) is 2. The van der Waals surface area contributed by atoms with Crippen molar-refractivity contribution in [2.45, 2.75) is 24.1 Å². The normalized spacial score (nSPS) is 11.6. The van der Waals surface area contributed by atoms with Gasteiger partial charge in [-0.2, -0.15) is 0 Å². The standard InChI is InChI=1S/C12H14BrN3O2S2/c1-8(2)15-9-3-5-11(14-7-9)16-20(17,18)12-6-4-10(13)19-12/h3-8,15H,1-2H3,(H,14,16). The van der Waals surface area contributed by atoms with Gasteiger partial charge in [0, 0.05) is 6.04 Å². The fourth-order valence-corrected chi connectivity index (χ4v) is 4.52. The summed E-state index contributed by atoms with van der Waals surface area (Å²) in [5, 5.41) is 3.19. The van der Waals surface area contributed by atoms with E-state index >= 15 is 0 Å². The van der Waals surface area contributed by atoms with Crippen LogP contribution in [0.15, 0.2) is 38.5 Å². The van der Waals surface area contributed by atoms with E-state index < -0.39 is 10.0 Å². The van der Waals surface area contributed by atoms with Crippen LogP contribution in [0.4, 0.5) is 11.5 Å². The van der Waals surface area contributed by atoms with Crippen LogP contribution in [-0.2, 0) is 10.0 Å². The monoisotopic (exact) mass is 375 g/mol. The Morgan fingerprint density at radius 2 is 2.00 bits per heavy atom. The Labute approximate surface area is 130 Å². The molecule has 2 heterocycles. The zero-order chi connectivity index (χ0) is 14.8. The van der Waals surface area contributed by atoms with Gasteiger partial charge in [0.2, 0.25) is 0 Å². The van der Waals surface area contributed by atoms with E-state index in [4.69, 9.17) is 0 Å². The number of halogens is 1. The van der Waals surface area contributed by atoms with Gasteiger partial charge >= 0.3 is 0 Å². The molecule has 5 nitrogen and oxygen atoms in total. The Morgan fingerprint density at radius 1 is 1.25 bits per heavy atom. The van der Waals surface area contributed by atoms with E-state index in [0.717, 1.165) is 20.8 Å². The third-order valence-electron chi connectivity index (χ3n) is 2.27. The molecule has 0 aliphatic carbocycles. The van der Waals surface area contributed by atoms with Crippen LogP contribution in [0.2, 0.25) is 0 Å². The lowest BCUT2D eigenvalue weighted by Gasteiger charge is -2.10. The molecule has 0 atom stereocenters. The largest absolute Gasteiger partial charge is 0.382 e. The highest BCUT2D eigenvalue weighted by atomic mass is 79.9. The van der Waals surface area contributed by atoms with Crippen molar-refractivity contribution in [1.82, 2.24) is 4.98 Å². The maximum absolute atomic E-state index is 12.1. The fourth-order valence-electron chi connectivity index (χ4n) is 1.50. The summed E-state index contributed by atoms with van der Waals surface area (Å²) < 4.78 is 27.7. The van der Waals surface area contributed by atoms with Crippen molar-refractivity contribution in [3.05, 3.63) is 34.2 Å². The zero-order valence-corrected chi connectivity index (χ0v) is 14.1. The molecule has 0 aromatic carbocycles. The molecule has 0 fully saturated rings. The van der Waals surface area contributed by atoms with Gasteiger partial charge in [-0.15, -0.1) is 11.3 Å². The van der Waals surface area contributed by atoms with Crippen LogP contribution in [0.25, 0.3) is 0 Å². The molecule has 0 saturated carbocycles. The number of rotatable bonds is 5. The third kappa shape index (κ3) is 3.94. The number of sulfonamides is 1. The van der Waals surface area contributed by atoms with Crippen LogP contribution in [0.3, 0.4) is 0 Å². The number of hydrogen-bond acceptors (Lipinski definition) is 5. The smallest absolute Gasteiger partial charge is 0.272 e. The maximum atomic E-state index is 12.1. The van der Waals surface area contributed by atoms with Gasteiger partial charge in [-0.1, -0.05) is 0 Å². The van der Waals surface area contributed by atoms with Gasteiger partial charge in [-0.25, -0.2) is 13.4 Å². The van der Waals surface area contributed by atoms with E-state index in [-0.39, 0.29) is 4.21 Å². The maximum Gasteiger partial charge on any atom is 0.272 e. The van der Waals surface area contributed by atoms with Crippen molar-refractivity contribution >= 4 is 48.8 Å². The average Bonchev–Trinajstić information content (AvgIpc) is 2.78. The second kappa shape index (κ2) is 6.11. The van der Waals surface area contributed by atoms with Gasteiger partial charge < -0.3 is 5.32 Å². The third-order valence-corrected chi connectivity index (χ3v) is 5.74. The lowest BCUT2D eigenvalue weighted by molar-refractivity contribution is 0.603. The van der Waals surface area contributed by atoms with Crippen molar-refractivity contribution in [3.63, 3.8) is 0 Å². The molecular weight excluding hydrogens is 362 g/mol. The lowest BCUT2D eigenvalue weighted by atomic mass is 10.3. The minimum atomic E-state index is -3.57. The number of hydrogen-bond donors (Lipinski definition) is 2. The molecule has 2 rings (SSSR count). The van der Waals surface area contributed by atoms with Crippen molar-refractivity contribution in [2.75, 3.05) is 10.0 Å². The highest BCUT2D eigenvalue weighted by Gasteiger charge is 2.17. The Hall–Kier alpha value is -1.12. The molecule has 2 aromatic rings. The van der Waals surface area contributed by atoms with Gasteiger partial charge in [0.25, 0.3) is 10.0 Å². The number of anilines is 2. The summed E-state index contributed by atoms with van der Waals surface area (Å²) in [6.45, 7) is 4.04. The van der Waals surface area contributed by atoms with Crippen LogP contribution in [0.5, 0.6) is 0 Å². The first-order valence-electron chi connectivity index (χ1n) is 5.87. The summed E-state index contributed by atoms with van der Waals surface area (Å²) >= 11 is 4.40. The van der Waals surface area contributed by atoms with Crippen LogP contribution in [0, 0.1) is 0 Å². The molecular formula is C12H14BrN3O2S2. The summed E-state index contributed by atoms with van der Waals surface area (Å²) in [7, 11) is -3.57. The van der Waals surface area contributed by atoms with Crippen molar-refractivity contribution in [1.29, 1.82) is 0 Å². The fraction of sp³-hybridized carbons (Fsp3) is 0.250. The molecule has 0 amide bonds. The molecule has 108 valence electrons. The first kappa shape index (κ1) is 15.3. The Balaban J connectivity index is 2.13. The number of pyridine rings is 1. The lowest BCUT2D eigenvalue weighted by Crippen LogP contribution is -2.13. The van der Waals surface area contributed by atoms with Gasteiger partial charge in [0.15, 0.2) is 0 Å². The molecule has 0 bridgehead atoms. The Morgan fingerprint density at radius 3 is 2.50 bits per heavy atom. The first-order valence-corrected chi connectivity index (χ1v) is 8.97. The molecule has 0 aliphatic heterocycles. The molecule has 2 N–H and O–H groups in total. The first-order chi connectivity index (χ1) is 9.37. The molecule has 0 aliphatic rings. The number of thiophene rings is 1. The summed E-state index contributed by atoms with van der Waals surface area (Å²) in [4.78, 5) is 4.09. The molecule has 0 spiro atoms.